The van der Waals surface area contributed by atoms with Gasteiger partial charge in [0.2, 0.25) is 0 Å². The number of nitrogens with one attached hydrogen (secondary N) is 2. The molecule has 2 N–H and O–H groups in total. The minimum Gasteiger partial charge on any atom is -0.485 e. The van der Waals surface area contributed by atoms with E-state index >= 15 is 0 Å². The van der Waals surface area contributed by atoms with Gasteiger partial charge >= 0.3 is 25.9 Å². The van der Waals surface area contributed by atoms with Crippen LogP contribution in [0.2, 0.25) is 0 Å². The van der Waals surface area contributed by atoms with Gasteiger partial charge in [-0.2, -0.15) is 0 Å². The minimum atomic E-state index is -4.33. The smallest absolute Gasteiger partial charge is 0.485 e. The van der Waals surface area contributed by atoms with Gasteiger partial charge in [0.1, 0.15) is 32.5 Å². The molecule has 1 amide bonds. The third kappa shape index (κ3) is 18.1. The zero-order chi connectivity index (χ0) is 49.4. The van der Waals surface area contributed by atoms with Crippen molar-refractivity contribution in [3.8, 4) is 11.5 Å². The number of amides is 1. The summed E-state index contributed by atoms with van der Waals surface area (Å²) >= 11 is 0. The highest BCUT2D eigenvalue weighted by molar-refractivity contribution is 7.48. The normalized spacial score (nSPS) is 11.9. The summed E-state index contributed by atoms with van der Waals surface area (Å²) in [6, 6.07) is 59.3. The molecule has 0 bridgehead atoms. The lowest BCUT2D eigenvalue weighted by Crippen LogP contribution is -2.48. The van der Waals surface area contributed by atoms with Gasteiger partial charge < -0.3 is 34.1 Å². The number of alkyl carbamates (subject to hydrolysis) is 1. The van der Waals surface area contributed by atoms with Crippen LogP contribution in [-0.4, -0.2) is 36.7 Å². The summed E-state index contributed by atoms with van der Waals surface area (Å²) in [6.07, 6.45) is -0.490. The zero-order valence-electron chi connectivity index (χ0n) is 39.2. The zero-order valence-corrected chi connectivity index (χ0v) is 40.1. The monoisotopic (exact) mass is 976 g/mol. The molecule has 0 aliphatic rings. The van der Waals surface area contributed by atoms with Crippen LogP contribution in [0.1, 0.15) is 51.8 Å². The highest BCUT2D eigenvalue weighted by atomic mass is 31.2. The Hall–Kier alpha value is -7.54. The lowest BCUT2D eigenvalue weighted by Gasteiger charge is -2.24. The van der Waals surface area contributed by atoms with Crippen LogP contribution < -0.4 is 19.9 Å². The molecule has 13 nitrogen and oxygen atoms in total. The van der Waals surface area contributed by atoms with E-state index in [4.69, 9.17) is 32.5 Å². The molecule has 0 saturated heterocycles. The van der Waals surface area contributed by atoms with Crippen LogP contribution in [0.25, 0.3) is 0 Å². The van der Waals surface area contributed by atoms with Gasteiger partial charge in [-0.25, -0.2) is 9.36 Å². The number of benzene rings is 7. The molecule has 0 aromatic heterocycles. The first kappa shape index (κ1) is 51.3. The average Bonchev–Trinajstić information content (AvgIpc) is 3.42. The fourth-order valence-corrected chi connectivity index (χ4v) is 8.30. The highest BCUT2D eigenvalue weighted by Gasteiger charge is 2.32. The van der Waals surface area contributed by atoms with Gasteiger partial charge in [0.15, 0.2) is 11.5 Å². The van der Waals surface area contributed by atoms with Crippen molar-refractivity contribution in [2.75, 3.05) is 6.54 Å². The van der Waals surface area contributed by atoms with E-state index in [1.54, 1.807) is 18.2 Å². The van der Waals surface area contributed by atoms with Crippen molar-refractivity contribution >= 4 is 25.9 Å². The lowest BCUT2D eigenvalue weighted by molar-refractivity contribution is -0.148. The molecule has 7 rings (SSSR count). The number of ether oxygens (including phenoxy) is 4. The second-order valence-electron chi connectivity index (χ2n) is 16.5. The number of hydrogen-bond donors (Lipinski definition) is 2. The molecule has 14 heteroatoms. The van der Waals surface area contributed by atoms with E-state index in [1.807, 2.05) is 182 Å². The lowest BCUT2D eigenvalue weighted by atomic mass is 10.0. The molecule has 0 aliphatic carbocycles. The standard InChI is InChI=1S/C57H57N2O11P/c60-55(65-39-45-21-9-2-10-22-45)34-32-51(59-57(62)67-41-47-25-13-4-14-26-47)37-58-52(56(61)66-40-46-23-11-3-12-24-46)35-50-31-33-53(54(36-50)64-38-44-19-7-1-8-20-44)70-71(63,68-42-48-27-15-5-16-28-48)69-43-49-29-17-6-18-30-49/h1-31,33,36,51-52,58H,32,34-35,37-43H2,(H,59,62)/t51-,52-/m0/s1. The number of carbonyl (C=O) groups excluding carboxylic acids is 3. The van der Waals surface area contributed by atoms with Crippen molar-refractivity contribution in [2.45, 2.75) is 71.0 Å². The Morgan fingerprint density at radius 3 is 1.39 bits per heavy atom. The molecular weight excluding hydrogens is 920 g/mol. The van der Waals surface area contributed by atoms with Gasteiger partial charge in [-0.05, 0) is 63.9 Å². The maximum atomic E-state index is 14.6. The van der Waals surface area contributed by atoms with Crippen LogP contribution in [-0.2, 0) is 83.5 Å². The Kier molecular flexibility index (Phi) is 19.9. The molecule has 0 radical (unpaired) electrons. The SMILES string of the molecule is O=C(CC[C@@H](CN[C@@H](Cc1ccc(OP(=O)(OCc2ccccc2)OCc2ccccc2)c(OCc2ccccc2)c1)C(=O)OCc1ccccc1)NC(=O)OCc1ccccc1)OCc1ccccc1. The van der Waals surface area contributed by atoms with Gasteiger partial charge in [-0.3, -0.25) is 18.6 Å². The van der Waals surface area contributed by atoms with E-state index in [0.29, 0.717) is 5.56 Å². The van der Waals surface area contributed by atoms with E-state index in [-0.39, 0.29) is 76.9 Å². The molecule has 366 valence electrons. The predicted molar refractivity (Wildman–Crippen MR) is 269 cm³/mol. The van der Waals surface area contributed by atoms with Crippen LogP contribution >= 0.6 is 7.82 Å². The summed E-state index contributed by atoms with van der Waals surface area (Å²) in [5.41, 5.74) is 5.44. The Morgan fingerprint density at radius 1 is 0.465 bits per heavy atom. The third-order valence-electron chi connectivity index (χ3n) is 11.0. The Labute approximate surface area is 414 Å². The number of phosphoric ester groups is 1. The number of phosphoric acid groups is 1. The van der Waals surface area contributed by atoms with Crippen molar-refractivity contribution in [1.29, 1.82) is 0 Å². The molecule has 0 saturated carbocycles. The van der Waals surface area contributed by atoms with Crippen molar-refractivity contribution in [3.05, 3.63) is 239 Å². The molecule has 7 aromatic rings. The maximum absolute atomic E-state index is 14.6. The largest absolute Gasteiger partial charge is 0.530 e. The second-order valence-corrected chi connectivity index (χ2v) is 18.1. The topological polar surface area (TPSA) is 157 Å². The van der Waals surface area contributed by atoms with Gasteiger partial charge in [0.05, 0.1) is 13.2 Å². The Bertz CT molecular complexity index is 2690. The first-order valence-electron chi connectivity index (χ1n) is 23.3. The van der Waals surface area contributed by atoms with E-state index in [9.17, 15) is 18.9 Å². The van der Waals surface area contributed by atoms with Crippen molar-refractivity contribution in [3.63, 3.8) is 0 Å². The van der Waals surface area contributed by atoms with Crippen molar-refractivity contribution in [1.82, 2.24) is 10.6 Å². The van der Waals surface area contributed by atoms with Crippen molar-refractivity contribution in [2.24, 2.45) is 0 Å². The van der Waals surface area contributed by atoms with E-state index < -0.39 is 37.9 Å². The number of hydrogen-bond acceptors (Lipinski definition) is 12. The van der Waals surface area contributed by atoms with Crippen LogP contribution in [0.15, 0.2) is 200 Å². The molecule has 71 heavy (non-hydrogen) atoms. The summed E-state index contributed by atoms with van der Waals surface area (Å²) < 4.78 is 56.0. The molecule has 7 aromatic carbocycles. The molecule has 0 aliphatic heterocycles. The summed E-state index contributed by atoms with van der Waals surface area (Å²) in [5.74, 6) is -0.725. The molecule has 2 atom stereocenters. The first-order chi connectivity index (χ1) is 34.7. The van der Waals surface area contributed by atoms with Crippen LogP contribution in [0.5, 0.6) is 11.5 Å². The van der Waals surface area contributed by atoms with Gasteiger partial charge in [0, 0.05) is 19.0 Å². The van der Waals surface area contributed by atoms with E-state index in [1.165, 1.54) is 0 Å². The minimum absolute atomic E-state index is 0.0120. The third-order valence-corrected chi connectivity index (χ3v) is 12.3. The summed E-state index contributed by atoms with van der Waals surface area (Å²) in [6.45, 7) is 0.197. The summed E-state index contributed by atoms with van der Waals surface area (Å²) in [5, 5.41) is 6.18. The van der Waals surface area contributed by atoms with Crippen LogP contribution in [0, 0.1) is 0 Å². The van der Waals surface area contributed by atoms with Gasteiger partial charge in [-0.1, -0.05) is 188 Å². The second kappa shape index (κ2) is 27.6. The van der Waals surface area contributed by atoms with Gasteiger partial charge in [-0.15, -0.1) is 0 Å². The van der Waals surface area contributed by atoms with Crippen molar-refractivity contribution < 1.29 is 51.5 Å². The quantitative estimate of drug-likeness (QED) is 0.0286. The maximum Gasteiger partial charge on any atom is 0.530 e. The first-order valence-corrected chi connectivity index (χ1v) is 24.8. The van der Waals surface area contributed by atoms with Gasteiger partial charge in [0.25, 0.3) is 0 Å². The number of carbonyl (C=O) groups is 3. The fourth-order valence-electron chi connectivity index (χ4n) is 7.12. The molecule has 0 spiro atoms. The number of rotatable bonds is 27. The summed E-state index contributed by atoms with van der Waals surface area (Å²) in [4.78, 5) is 40.4. The van der Waals surface area contributed by atoms with E-state index in [2.05, 4.69) is 10.6 Å². The Morgan fingerprint density at radius 2 is 0.901 bits per heavy atom. The Balaban J connectivity index is 1.12. The fraction of sp³-hybridized carbons (Fsp3) is 0.211. The molecule has 0 heterocycles. The molecule has 0 fully saturated rings. The highest BCUT2D eigenvalue weighted by Crippen LogP contribution is 2.53. The van der Waals surface area contributed by atoms with Crippen LogP contribution in [0.3, 0.4) is 0 Å². The molecule has 0 unspecified atom stereocenters. The van der Waals surface area contributed by atoms with Crippen LogP contribution in [0.4, 0.5) is 4.79 Å². The average molecular weight is 977 g/mol. The predicted octanol–water partition coefficient (Wildman–Crippen LogP) is 11.2. The van der Waals surface area contributed by atoms with E-state index in [0.717, 1.165) is 33.4 Å². The molecular formula is C57H57N2O11P. The number of esters is 2. The summed E-state index contributed by atoms with van der Waals surface area (Å²) in [7, 11) is -4.33.